The summed E-state index contributed by atoms with van der Waals surface area (Å²) in [5, 5.41) is 5.83. The maximum atomic E-state index is 12.9. The van der Waals surface area contributed by atoms with Gasteiger partial charge < -0.3 is 0 Å². The Labute approximate surface area is 194 Å². The van der Waals surface area contributed by atoms with Gasteiger partial charge in [-0.2, -0.15) is 0 Å². The first-order valence-electron chi connectivity index (χ1n) is 9.50. The summed E-state index contributed by atoms with van der Waals surface area (Å²) in [4.78, 5) is 62.2. The molecular formula is C19H23N5O6SSe. The molecule has 0 spiro atoms. The van der Waals surface area contributed by atoms with E-state index in [1.807, 2.05) is 0 Å². The first kappa shape index (κ1) is 24.0. The van der Waals surface area contributed by atoms with E-state index < -0.39 is 40.6 Å². The molecule has 0 saturated carbocycles. The number of oxime groups is 1. The molecule has 2 aliphatic heterocycles. The van der Waals surface area contributed by atoms with E-state index in [4.69, 9.17) is 15.3 Å². The fraction of sp³-hybridized carbons (Fsp3) is 0.474. The number of nitrogens with two attached hydrogens (primary N) is 1. The van der Waals surface area contributed by atoms with Crippen molar-refractivity contribution in [1.29, 1.82) is 0 Å². The van der Waals surface area contributed by atoms with Gasteiger partial charge in [0.2, 0.25) is 0 Å². The van der Waals surface area contributed by atoms with Crippen LogP contribution in [0.4, 0.5) is 4.69 Å². The van der Waals surface area contributed by atoms with Gasteiger partial charge in [0.15, 0.2) is 0 Å². The van der Waals surface area contributed by atoms with Gasteiger partial charge in [-0.15, -0.1) is 0 Å². The Balaban J connectivity index is 1.75. The van der Waals surface area contributed by atoms with Gasteiger partial charge in [0.25, 0.3) is 0 Å². The summed E-state index contributed by atoms with van der Waals surface area (Å²) in [5.41, 5.74) is 5.64. The molecular weight excluding hydrogens is 505 g/mol. The van der Waals surface area contributed by atoms with Gasteiger partial charge in [0.1, 0.15) is 0 Å². The van der Waals surface area contributed by atoms with Crippen molar-refractivity contribution in [3.05, 3.63) is 21.9 Å². The Morgan fingerprint density at radius 1 is 1.38 bits per heavy atom. The fourth-order valence-electron chi connectivity index (χ4n) is 2.95. The third-order valence-corrected chi connectivity index (χ3v) is 7.44. The van der Waals surface area contributed by atoms with Crippen LogP contribution in [0, 0.1) is 5.41 Å². The van der Waals surface area contributed by atoms with Crippen molar-refractivity contribution in [1.82, 2.24) is 15.2 Å². The molecule has 0 aliphatic carbocycles. The summed E-state index contributed by atoms with van der Waals surface area (Å²) in [6.45, 7) is 6.57. The van der Waals surface area contributed by atoms with E-state index in [1.54, 1.807) is 32.6 Å². The number of thioether (sulfide) groups is 1. The van der Waals surface area contributed by atoms with Crippen molar-refractivity contribution in [2.45, 2.75) is 39.1 Å². The van der Waals surface area contributed by atoms with Crippen molar-refractivity contribution >= 4 is 60.4 Å². The third-order valence-electron chi connectivity index (χ3n) is 4.60. The number of carbonyl (C=O) groups is 4. The normalized spacial score (nSPS) is 21.0. The van der Waals surface area contributed by atoms with E-state index in [-0.39, 0.29) is 31.6 Å². The number of nitrogens with one attached hydrogen (secondary N) is 1. The number of hydrogen-bond donors (Lipinski definition) is 2. The van der Waals surface area contributed by atoms with Crippen LogP contribution in [0.2, 0.25) is 0 Å². The van der Waals surface area contributed by atoms with Crippen LogP contribution in [-0.2, 0) is 28.8 Å². The van der Waals surface area contributed by atoms with E-state index in [0.717, 1.165) is 0 Å². The van der Waals surface area contributed by atoms with Gasteiger partial charge in [-0.3, -0.25) is 4.79 Å². The number of fused-ring (bicyclic) bond motifs is 1. The molecule has 2 aliphatic rings. The molecule has 2 atom stereocenters. The molecule has 0 bridgehead atoms. The molecule has 1 aromatic rings. The van der Waals surface area contributed by atoms with Crippen LogP contribution in [0.25, 0.3) is 0 Å². The van der Waals surface area contributed by atoms with E-state index in [9.17, 15) is 19.2 Å². The SMILES string of the molecule is CON=C(C(=O)N[C@@H]1C(=O)N2C(C(=O)OC(=O)C(C)(C)C)=C(C)CS[C@H]12)c1c[se]c(N)n1. The fourth-order valence-corrected chi connectivity index (χ4v) is 5.39. The zero-order valence-corrected chi connectivity index (χ0v) is 20.7. The van der Waals surface area contributed by atoms with E-state index in [2.05, 4.69) is 15.5 Å². The second kappa shape index (κ2) is 9.08. The van der Waals surface area contributed by atoms with Crippen molar-refractivity contribution in [2.75, 3.05) is 18.6 Å². The van der Waals surface area contributed by atoms with Crippen LogP contribution in [-0.4, -0.2) is 78.1 Å². The summed E-state index contributed by atoms with van der Waals surface area (Å²) in [5.74, 6) is -2.28. The Hall–Kier alpha value is -2.63. The molecule has 0 radical (unpaired) electrons. The van der Waals surface area contributed by atoms with Crippen molar-refractivity contribution < 1.29 is 28.8 Å². The maximum absolute atomic E-state index is 12.9. The second-order valence-corrected chi connectivity index (χ2v) is 11.1. The summed E-state index contributed by atoms with van der Waals surface area (Å²) < 4.78 is 5.39. The molecule has 1 fully saturated rings. The van der Waals surface area contributed by atoms with E-state index >= 15 is 0 Å². The zero-order valence-electron chi connectivity index (χ0n) is 18.1. The van der Waals surface area contributed by atoms with Crippen LogP contribution in [0.3, 0.4) is 0 Å². The van der Waals surface area contributed by atoms with Gasteiger partial charge in [-0.1, -0.05) is 0 Å². The number of ether oxygens (including phenoxy) is 1. The Bertz CT molecular complexity index is 1040. The summed E-state index contributed by atoms with van der Waals surface area (Å²) in [6, 6.07) is -0.891. The van der Waals surface area contributed by atoms with Gasteiger partial charge in [-0.05, 0) is 20.8 Å². The molecule has 13 heteroatoms. The van der Waals surface area contributed by atoms with Crippen LogP contribution in [0.1, 0.15) is 33.4 Å². The predicted molar refractivity (Wildman–Crippen MR) is 117 cm³/mol. The molecule has 11 nitrogen and oxygen atoms in total. The number of aromatic nitrogens is 1. The third kappa shape index (κ3) is 4.59. The van der Waals surface area contributed by atoms with Crippen LogP contribution in [0.5, 0.6) is 0 Å². The van der Waals surface area contributed by atoms with Crippen molar-refractivity contribution in [3.63, 3.8) is 0 Å². The number of rotatable bonds is 5. The van der Waals surface area contributed by atoms with Crippen LogP contribution < -0.4 is 11.1 Å². The predicted octanol–water partition coefficient (Wildman–Crippen LogP) is -0.139. The molecule has 2 amide bonds. The number of nitrogens with zero attached hydrogens (tertiary/aromatic N) is 3. The van der Waals surface area contributed by atoms with Gasteiger partial charge in [0, 0.05) is 0 Å². The monoisotopic (exact) mass is 529 g/mol. The first-order chi connectivity index (χ1) is 15.0. The molecule has 3 N–H and O–H groups in total. The molecule has 32 heavy (non-hydrogen) atoms. The molecule has 0 aromatic carbocycles. The van der Waals surface area contributed by atoms with Crippen molar-refractivity contribution in [2.24, 2.45) is 10.6 Å². The zero-order chi connectivity index (χ0) is 23.8. The summed E-state index contributed by atoms with van der Waals surface area (Å²) in [6.07, 6.45) is 0. The number of carbonyl (C=O) groups excluding carboxylic acids is 4. The van der Waals surface area contributed by atoms with Crippen molar-refractivity contribution in [3.8, 4) is 0 Å². The number of anilines is 1. The molecule has 1 aromatic heterocycles. The van der Waals surface area contributed by atoms with Crippen LogP contribution >= 0.6 is 11.8 Å². The molecule has 172 valence electrons. The minimum absolute atomic E-state index is 0.0335. The summed E-state index contributed by atoms with van der Waals surface area (Å²) >= 11 is 1.20. The quantitative estimate of drug-likeness (QED) is 0.133. The molecule has 0 unspecified atom stereocenters. The Morgan fingerprint density at radius 3 is 2.62 bits per heavy atom. The van der Waals surface area contributed by atoms with E-state index in [1.165, 1.54) is 23.8 Å². The van der Waals surface area contributed by atoms with Gasteiger partial charge in [0.05, 0.1) is 5.41 Å². The number of esters is 2. The van der Waals surface area contributed by atoms with Gasteiger partial charge in [-0.25, -0.2) is 0 Å². The number of hydrogen-bond acceptors (Lipinski definition) is 10. The average Bonchev–Trinajstić information content (AvgIpc) is 3.14. The number of β-lactam (4-membered cyclic amide) rings is 1. The molecule has 1 saturated heterocycles. The van der Waals surface area contributed by atoms with Gasteiger partial charge >= 0.3 is 164 Å². The Morgan fingerprint density at radius 2 is 2.06 bits per heavy atom. The number of amides is 2. The first-order valence-corrected chi connectivity index (χ1v) is 12.4. The second-order valence-electron chi connectivity index (χ2n) is 8.11. The Kier molecular flexibility index (Phi) is 6.82. The van der Waals surface area contributed by atoms with E-state index in [0.29, 0.717) is 16.0 Å². The number of nitrogen functional groups attached to an aromatic ring is 1. The average molecular weight is 528 g/mol. The minimum atomic E-state index is -0.891. The molecule has 3 rings (SSSR count). The molecule has 3 heterocycles. The topological polar surface area (TPSA) is 153 Å². The summed E-state index contributed by atoms with van der Waals surface area (Å²) in [7, 11) is 1.29. The standard InChI is InChI=1S/C19H23N5O6SSe/c1-8-6-31-15-11(22-13(25)10(23-29-5)9-7-32-18(20)21-9)14(26)24(15)12(8)16(27)30-17(28)19(2,3)4/h7,11,15H,6H2,1-5H3,(H2,20,21)(H,22,25)/t11-,15-/m1/s1. The van der Waals surface area contributed by atoms with Crippen LogP contribution in [0.15, 0.2) is 21.4 Å².